The standard InChI is InChI=1S/C12H19N3O6S/c1-7-10(11(13)14-21-7)22(17,18)15-12(16)8(2)20-6-9-4-3-5-19-9/h8-9H,3-6H2,1-2H3,(H2,13,14)(H,15,16)/t8-,9-/m0/s1. The monoisotopic (exact) mass is 333 g/mol. The first kappa shape index (κ1) is 16.7. The van der Waals surface area contributed by atoms with E-state index in [4.69, 9.17) is 15.2 Å². The second kappa shape index (κ2) is 6.63. The number of amides is 1. The number of aromatic nitrogens is 1. The Bertz CT molecular complexity index is 616. The van der Waals surface area contributed by atoms with Crippen LogP contribution in [0.4, 0.5) is 5.82 Å². The van der Waals surface area contributed by atoms with Crippen molar-refractivity contribution in [2.24, 2.45) is 0 Å². The fourth-order valence-corrected chi connectivity index (χ4v) is 3.34. The van der Waals surface area contributed by atoms with Crippen molar-refractivity contribution in [3.05, 3.63) is 5.76 Å². The van der Waals surface area contributed by atoms with Gasteiger partial charge in [0, 0.05) is 6.61 Å². The van der Waals surface area contributed by atoms with Gasteiger partial charge in [-0.05, 0) is 26.7 Å². The van der Waals surface area contributed by atoms with Gasteiger partial charge in [-0.1, -0.05) is 5.16 Å². The lowest BCUT2D eigenvalue weighted by atomic mass is 10.2. The Balaban J connectivity index is 1.95. The maximum absolute atomic E-state index is 12.1. The summed E-state index contributed by atoms with van der Waals surface area (Å²) in [6.07, 6.45) is 0.820. The van der Waals surface area contributed by atoms with Crippen LogP contribution in [0.25, 0.3) is 0 Å². The molecule has 1 aromatic rings. The number of ether oxygens (including phenoxy) is 2. The Morgan fingerprint density at radius 3 is 2.86 bits per heavy atom. The summed E-state index contributed by atoms with van der Waals surface area (Å²) in [4.78, 5) is 11.6. The van der Waals surface area contributed by atoms with Gasteiger partial charge in [0.2, 0.25) is 0 Å². The van der Waals surface area contributed by atoms with E-state index in [1.165, 1.54) is 13.8 Å². The number of carbonyl (C=O) groups excluding carboxylic acids is 1. The molecule has 1 aliphatic heterocycles. The Morgan fingerprint density at radius 1 is 1.59 bits per heavy atom. The van der Waals surface area contributed by atoms with Crippen LogP contribution in [0.1, 0.15) is 25.5 Å². The van der Waals surface area contributed by atoms with Crippen LogP contribution < -0.4 is 10.5 Å². The average Bonchev–Trinajstić information content (AvgIpc) is 3.05. The second-order valence-electron chi connectivity index (χ2n) is 5.03. The van der Waals surface area contributed by atoms with E-state index < -0.39 is 22.0 Å². The van der Waals surface area contributed by atoms with Gasteiger partial charge in [0.1, 0.15) is 6.10 Å². The summed E-state index contributed by atoms with van der Waals surface area (Å²) >= 11 is 0. The molecular weight excluding hydrogens is 314 g/mol. The smallest absolute Gasteiger partial charge is 0.271 e. The molecule has 0 spiro atoms. The Labute approximate surface area is 128 Å². The number of nitrogens with two attached hydrogens (primary N) is 1. The summed E-state index contributed by atoms with van der Waals surface area (Å²) in [5.74, 6) is -1.09. The third-order valence-corrected chi connectivity index (χ3v) is 4.77. The second-order valence-corrected chi connectivity index (χ2v) is 6.65. The van der Waals surface area contributed by atoms with Crippen LogP contribution in [0.5, 0.6) is 0 Å². The zero-order valence-corrected chi connectivity index (χ0v) is 13.2. The number of sulfonamides is 1. The van der Waals surface area contributed by atoms with Crippen LogP contribution in [0.2, 0.25) is 0 Å². The van der Waals surface area contributed by atoms with Gasteiger partial charge in [-0.25, -0.2) is 13.1 Å². The predicted molar refractivity (Wildman–Crippen MR) is 75.4 cm³/mol. The van der Waals surface area contributed by atoms with E-state index in [1.54, 1.807) is 0 Å². The molecule has 2 atom stereocenters. The van der Waals surface area contributed by atoms with E-state index in [1.807, 2.05) is 4.72 Å². The lowest BCUT2D eigenvalue weighted by Gasteiger charge is -2.16. The molecule has 22 heavy (non-hydrogen) atoms. The highest BCUT2D eigenvalue weighted by Crippen LogP contribution is 2.21. The Kier molecular flexibility index (Phi) is 5.04. The molecule has 1 amide bonds. The molecule has 0 aromatic carbocycles. The van der Waals surface area contributed by atoms with Crippen molar-refractivity contribution in [2.75, 3.05) is 18.9 Å². The Hall–Kier alpha value is -1.65. The molecule has 10 heteroatoms. The number of nitrogens with zero attached hydrogens (tertiary/aromatic N) is 1. The van der Waals surface area contributed by atoms with Crippen LogP contribution in [-0.2, 0) is 24.3 Å². The van der Waals surface area contributed by atoms with Gasteiger partial charge in [-0.3, -0.25) is 4.79 Å². The topological polar surface area (TPSA) is 134 Å². The van der Waals surface area contributed by atoms with Gasteiger partial charge in [0.05, 0.1) is 12.7 Å². The van der Waals surface area contributed by atoms with E-state index in [9.17, 15) is 13.2 Å². The molecule has 1 aliphatic rings. The summed E-state index contributed by atoms with van der Waals surface area (Å²) in [5.41, 5.74) is 5.44. The molecule has 0 bridgehead atoms. The SMILES string of the molecule is Cc1onc(N)c1S(=O)(=O)NC(=O)[C@H](C)OC[C@@H]1CCCO1. The number of carbonyl (C=O) groups is 1. The van der Waals surface area contributed by atoms with Gasteiger partial charge in [0.25, 0.3) is 15.9 Å². The summed E-state index contributed by atoms with van der Waals surface area (Å²) in [6, 6.07) is 0. The number of aryl methyl sites for hydroxylation is 1. The molecule has 0 saturated carbocycles. The van der Waals surface area contributed by atoms with Crippen LogP contribution in [0, 0.1) is 6.92 Å². The molecule has 9 nitrogen and oxygen atoms in total. The molecule has 2 heterocycles. The third kappa shape index (κ3) is 3.76. The fourth-order valence-electron chi connectivity index (χ4n) is 2.08. The summed E-state index contributed by atoms with van der Waals surface area (Å²) in [5, 5.41) is 3.35. The lowest BCUT2D eigenvalue weighted by Crippen LogP contribution is -2.39. The normalized spacial score (nSPS) is 20.0. The molecule has 0 aliphatic carbocycles. The quantitative estimate of drug-likeness (QED) is 0.740. The largest absolute Gasteiger partial charge is 0.380 e. The number of nitrogens with one attached hydrogen (secondary N) is 1. The molecule has 0 radical (unpaired) electrons. The highest BCUT2D eigenvalue weighted by Gasteiger charge is 2.29. The van der Waals surface area contributed by atoms with Crippen molar-refractivity contribution >= 4 is 21.7 Å². The predicted octanol–water partition coefficient (Wildman–Crippen LogP) is -0.0458. The minimum atomic E-state index is -4.15. The third-order valence-electron chi connectivity index (χ3n) is 3.26. The molecule has 3 N–H and O–H groups in total. The van der Waals surface area contributed by atoms with Gasteiger partial charge in [-0.15, -0.1) is 0 Å². The zero-order valence-electron chi connectivity index (χ0n) is 12.4. The molecule has 2 rings (SSSR count). The molecular formula is C12H19N3O6S. The summed E-state index contributed by atoms with van der Waals surface area (Å²) < 4.78 is 41.5. The van der Waals surface area contributed by atoms with Crippen molar-refractivity contribution in [1.82, 2.24) is 9.88 Å². The van der Waals surface area contributed by atoms with Gasteiger partial charge in [0.15, 0.2) is 16.5 Å². The van der Waals surface area contributed by atoms with Crippen molar-refractivity contribution in [3.8, 4) is 0 Å². The fraction of sp³-hybridized carbons (Fsp3) is 0.667. The van der Waals surface area contributed by atoms with Crippen LogP contribution >= 0.6 is 0 Å². The van der Waals surface area contributed by atoms with Crippen molar-refractivity contribution in [2.45, 2.75) is 43.8 Å². The van der Waals surface area contributed by atoms with E-state index in [0.29, 0.717) is 6.61 Å². The van der Waals surface area contributed by atoms with E-state index in [2.05, 4.69) is 9.68 Å². The zero-order chi connectivity index (χ0) is 16.3. The van der Waals surface area contributed by atoms with E-state index in [-0.39, 0.29) is 29.2 Å². The molecule has 0 unspecified atom stereocenters. The van der Waals surface area contributed by atoms with Crippen molar-refractivity contribution in [1.29, 1.82) is 0 Å². The van der Waals surface area contributed by atoms with Crippen LogP contribution in [0.3, 0.4) is 0 Å². The molecule has 1 aromatic heterocycles. The molecule has 1 saturated heterocycles. The Morgan fingerprint density at radius 2 is 2.32 bits per heavy atom. The number of rotatable bonds is 6. The first-order valence-corrected chi connectivity index (χ1v) is 8.31. The minimum absolute atomic E-state index is 0.00530. The first-order valence-electron chi connectivity index (χ1n) is 6.83. The minimum Gasteiger partial charge on any atom is -0.380 e. The van der Waals surface area contributed by atoms with Gasteiger partial charge < -0.3 is 19.7 Å². The summed E-state index contributed by atoms with van der Waals surface area (Å²) in [6.45, 7) is 3.77. The first-order chi connectivity index (χ1) is 10.3. The number of nitrogen functional groups attached to an aromatic ring is 1. The molecule has 1 fully saturated rings. The number of hydrogen-bond donors (Lipinski definition) is 2. The average molecular weight is 333 g/mol. The van der Waals surface area contributed by atoms with Crippen molar-refractivity contribution in [3.63, 3.8) is 0 Å². The van der Waals surface area contributed by atoms with Crippen LogP contribution in [0.15, 0.2) is 9.42 Å². The summed E-state index contributed by atoms with van der Waals surface area (Å²) in [7, 11) is -4.15. The van der Waals surface area contributed by atoms with Crippen molar-refractivity contribution < 1.29 is 27.2 Å². The van der Waals surface area contributed by atoms with Gasteiger partial charge in [-0.2, -0.15) is 0 Å². The van der Waals surface area contributed by atoms with Crippen LogP contribution in [-0.4, -0.2) is 44.9 Å². The lowest BCUT2D eigenvalue weighted by molar-refractivity contribution is -0.131. The van der Waals surface area contributed by atoms with E-state index >= 15 is 0 Å². The highest BCUT2D eigenvalue weighted by atomic mass is 32.2. The maximum atomic E-state index is 12.1. The number of hydrogen-bond acceptors (Lipinski definition) is 8. The number of anilines is 1. The highest BCUT2D eigenvalue weighted by molar-refractivity contribution is 7.90. The van der Waals surface area contributed by atoms with Gasteiger partial charge >= 0.3 is 0 Å². The van der Waals surface area contributed by atoms with E-state index in [0.717, 1.165) is 12.8 Å². The maximum Gasteiger partial charge on any atom is 0.271 e. The molecule has 124 valence electrons.